The van der Waals surface area contributed by atoms with Crippen LogP contribution in [0.5, 0.6) is 0 Å². The van der Waals surface area contributed by atoms with Gasteiger partial charge in [-0.3, -0.25) is 0 Å². The quantitative estimate of drug-likeness (QED) is 0.401. The molecule has 2 aliphatic rings. The van der Waals surface area contributed by atoms with Gasteiger partial charge in [0.05, 0.1) is 24.4 Å². The monoisotopic (exact) mass is 390 g/mol. The first kappa shape index (κ1) is 15.5. The molecular formula is C15H20Br2O2. The second-order valence-corrected chi connectivity index (χ2v) is 6.61. The number of hydrogen-bond donors (Lipinski definition) is 0. The Morgan fingerprint density at radius 3 is 2.84 bits per heavy atom. The van der Waals surface area contributed by atoms with Gasteiger partial charge in [0.1, 0.15) is 0 Å². The van der Waals surface area contributed by atoms with E-state index >= 15 is 0 Å². The lowest BCUT2D eigenvalue weighted by Crippen LogP contribution is -2.34. The lowest BCUT2D eigenvalue weighted by molar-refractivity contribution is -0.0540. The molecule has 2 rings (SSSR count). The second-order valence-electron chi connectivity index (χ2n) is 4.97. The topological polar surface area (TPSA) is 18.5 Å². The fourth-order valence-electron chi connectivity index (χ4n) is 2.59. The molecule has 1 fully saturated rings. The van der Waals surface area contributed by atoms with Crippen molar-refractivity contribution < 1.29 is 9.47 Å². The Kier molecular flexibility index (Phi) is 6.37. The van der Waals surface area contributed by atoms with E-state index in [2.05, 4.69) is 56.7 Å². The van der Waals surface area contributed by atoms with Gasteiger partial charge in [0.25, 0.3) is 0 Å². The Morgan fingerprint density at radius 1 is 1.32 bits per heavy atom. The number of fused-ring (bicyclic) bond motifs is 1. The van der Waals surface area contributed by atoms with Crippen LogP contribution in [0.25, 0.3) is 0 Å². The van der Waals surface area contributed by atoms with E-state index in [0.717, 1.165) is 25.7 Å². The van der Waals surface area contributed by atoms with Crippen LogP contribution in [0, 0.1) is 0 Å². The summed E-state index contributed by atoms with van der Waals surface area (Å²) in [6.07, 6.45) is 11.1. The predicted molar refractivity (Wildman–Crippen MR) is 84.9 cm³/mol. The largest absolute Gasteiger partial charge is 0.371 e. The minimum absolute atomic E-state index is 0.117. The zero-order chi connectivity index (χ0) is 13.7. The number of alkyl halides is 1. The first-order valence-electron chi connectivity index (χ1n) is 6.85. The van der Waals surface area contributed by atoms with Crippen LogP contribution in [-0.4, -0.2) is 29.2 Å². The number of hydrogen-bond acceptors (Lipinski definition) is 2. The van der Waals surface area contributed by atoms with E-state index in [9.17, 15) is 0 Å². The molecule has 2 nitrogen and oxygen atoms in total. The Hall–Kier alpha value is 0.140. The van der Waals surface area contributed by atoms with Gasteiger partial charge < -0.3 is 9.47 Å². The van der Waals surface area contributed by atoms with Gasteiger partial charge in [0.15, 0.2) is 0 Å². The molecule has 0 aromatic rings. The number of rotatable bonds is 3. The minimum Gasteiger partial charge on any atom is -0.371 e. The summed E-state index contributed by atoms with van der Waals surface area (Å²) in [5, 5.41) is 0. The van der Waals surface area contributed by atoms with Gasteiger partial charge >= 0.3 is 0 Å². The molecule has 0 amide bonds. The zero-order valence-electron chi connectivity index (χ0n) is 11.1. The average Bonchev–Trinajstić information content (AvgIpc) is 2.77. The number of ether oxygens (including phenoxy) is 2. The molecule has 0 bridgehead atoms. The fraction of sp³-hybridized carbons (Fsp3) is 0.667. The number of halogens is 2. The fourth-order valence-corrected chi connectivity index (χ4v) is 3.08. The molecule has 0 spiro atoms. The molecule has 0 aromatic heterocycles. The highest BCUT2D eigenvalue weighted by Crippen LogP contribution is 2.31. The van der Waals surface area contributed by atoms with Crippen LogP contribution in [0.2, 0.25) is 0 Å². The Balaban J connectivity index is 2.04. The van der Waals surface area contributed by atoms with Crippen LogP contribution in [0.15, 0.2) is 28.9 Å². The van der Waals surface area contributed by atoms with Gasteiger partial charge in [-0.25, -0.2) is 0 Å². The van der Waals surface area contributed by atoms with E-state index < -0.39 is 0 Å². The summed E-state index contributed by atoms with van der Waals surface area (Å²) in [7, 11) is 0. The maximum Gasteiger partial charge on any atom is 0.0880 e. The molecule has 0 radical (unpaired) electrons. The second kappa shape index (κ2) is 7.80. The summed E-state index contributed by atoms with van der Waals surface area (Å²) in [4.78, 5) is 2.14. The summed E-state index contributed by atoms with van der Waals surface area (Å²) in [6.45, 7) is 2.18. The lowest BCUT2D eigenvalue weighted by Gasteiger charge is -2.28. The van der Waals surface area contributed by atoms with E-state index in [1.807, 2.05) is 6.08 Å². The Morgan fingerprint density at radius 2 is 2.11 bits per heavy atom. The van der Waals surface area contributed by atoms with Crippen molar-refractivity contribution in [1.29, 1.82) is 0 Å². The first-order chi connectivity index (χ1) is 9.24. The van der Waals surface area contributed by atoms with Gasteiger partial charge in [-0.1, -0.05) is 50.9 Å². The van der Waals surface area contributed by atoms with Crippen LogP contribution in [0.4, 0.5) is 0 Å². The van der Waals surface area contributed by atoms with Crippen LogP contribution in [-0.2, 0) is 9.47 Å². The van der Waals surface area contributed by atoms with E-state index in [-0.39, 0.29) is 24.4 Å². The third-order valence-corrected chi connectivity index (χ3v) is 5.12. The molecule has 5 unspecified atom stereocenters. The highest BCUT2D eigenvalue weighted by Gasteiger charge is 2.37. The summed E-state index contributed by atoms with van der Waals surface area (Å²) in [5.74, 6) is 0. The van der Waals surface area contributed by atoms with Crippen LogP contribution in [0.3, 0.4) is 0 Å². The van der Waals surface area contributed by atoms with Crippen molar-refractivity contribution in [1.82, 2.24) is 0 Å². The van der Waals surface area contributed by atoms with Crippen molar-refractivity contribution in [3.63, 3.8) is 0 Å². The third kappa shape index (κ3) is 4.30. The maximum absolute atomic E-state index is 6.29. The molecule has 106 valence electrons. The maximum atomic E-state index is 6.29. The normalized spacial score (nSPS) is 35.7. The standard InChI is InChI=1S/C15H20Br2O2/c1-2-12(17)13-7-3-4-8-14-15(19-13)10-11(18-14)6-5-9-16/h3-4,6,9,11-15H,2,7-8,10H2,1H3. The summed E-state index contributed by atoms with van der Waals surface area (Å²) < 4.78 is 12.3. The van der Waals surface area contributed by atoms with Crippen LogP contribution >= 0.6 is 31.9 Å². The molecule has 2 aliphatic heterocycles. The molecule has 0 N–H and O–H groups in total. The van der Waals surface area contributed by atoms with E-state index in [1.165, 1.54) is 0 Å². The molecule has 0 aliphatic carbocycles. The van der Waals surface area contributed by atoms with E-state index in [4.69, 9.17) is 9.47 Å². The van der Waals surface area contributed by atoms with Crippen LogP contribution in [0.1, 0.15) is 32.6 Å². The van der Waals surface area contributed by atoms with Crippen LogP contribution < -0.4 is 0 Å². The smallest absolute Gasteiger partial charge is 0.0880 e. The predicted octanol–water partition coefficient (Wildman–Crippen LogP) is 4.48. The summed E-state index contributed by atoms with van der Waals surface area (Å²) in [5.41, 5.74) is 3.04. The molecule has 0 saturated carbocycles. The average molecular weight is 392 g/mol. The first-order valence-corrected chi connectivity index (χ1v) is 8.69. The molecule has 2 heterocycles. The van der Waals surface area contributed by atoms with Crippen molar-refractivity contribution in [2.75, 3.05) is 0 Å². The van der Waals surface area contributed by atoms with Crippen molar-refractivity contribution >= 4 is 31.9 Å². The summed E-state index contributed by atoms with van der Waals surface area (Å²) >= 11 is 6.95. The Labute approximate surface area is 132 Å². The van der Waals surface area contributed by atoms with E-state index in [1.54, 1.807) is 4.99 Å². The summed E-state index contributed by atoms with van der Waals surface area (Å²) in [6, 6.07) is 0. The van der Waals surface area contributed by atoms with Gasteiger partial charge in [-0.15, -0.1) is 5.73 Å². The molecule has 1 saturated heterocycles. The lowest BCUT2D eigenvalue weighted by atomic mass is 10.0. The molecule has 0 aromatic carbocycles. The molecular weight excluding hydrogens is 372 g/mol. The van der Waals surface area contributed by atoms with Crippen molar-refractivity contribution in [2.24, 2.45) is 0 Å². The van der Waals surface area contributed by atoms with Crippen molar-refractivity contribution in [3.8, 4) is 0 Å². The Bertz CT molecular complexity index is 374. The van der Waals surface area contributed by atoms with Gasteiger partial charge in [-0.05, 0) is 25.3 Å². The zero-order valence-corrected chi connectivity index (χ0v) is 14.3. The highest BCUT2D eigenvalue weighted by atomic mass is 79.9. The van der Waals surface area contributed by atoms with Crippen molar-refractivity contribution in [3.05, 3.63) is 28.9 Å². The van der Waals surface area contributed by atoms with Gasteiger partial charge in [0, 0.05) is 16.2 Å². The molecule has 19 heavy (non-hydrogen) atoms. The van der Waals surface area contributed by atoms with E-state index in [0.29, 0.717) is 4.83 Å². The SMILES string of the molecule is CCC(Br)C1CC=CCC2OC(C=C=CBr)CC2O1. The highest BCUT2D eigenvalue weighted by molar-refractivity contribution is 9.11. The molecule has 5 atom stereocenters. The minimum atomic E-state index is 0.117. The third-order valence-electron chi connectivity index (χ3n) is 3.62. The van der Waals surface area contributed by atoms with Gasteiger partial charge in [0.2, 0.25) is 0 Å². The van der Waals surface area contributed by atoms with Gasteiger partial charge in [-0.2, -0.15) is 0 Å². The molecule has 4 heteroatoms. The van der Waals surface area contributed by atoms with Crippen molar-refractivity contribution in [2.45, 2.75) is 61.9 Å².